The third kappa shape index (κ3) is 5.34. The topological polar surface area (TPSA) is 6.48 Å². The zero-order valence-corrected chi connectivity index (χ0v) is 12.7. The van der Waals surface area contributed by atoms with Crippen molar-refractivity contribution in [2.45, 2.75) is 40.2 Å². The molecule has 0 aromatic carbocycles. The fourth-order valence-electron chi connectivity index (χ4n) is 2.15. The van der Waals surface area contributed by atoms with Gasteiger partial charge in [-0.2, -0.15) is 0 Å². The van der Waals surface area contributed by atoms with Crippen LogP contribution in [0.5, 0.6) is 0 Å². The van der Waals surface area contributed by atoms with Gasteiger partial charge in [-0.15, -0.1) is 11.6 Å². The van der Waals surface area contributed by atoms with Gasteiger partial charge in [0.25, 0.3) is 0 Å². The Hall–Kier alpha value is 0.427. The van der Waals surface area contributed by atoms with E-state index in [2.05, 4.69) is 36.8 Å². The molecule has 0 aromatic heterocycles. The van der Waals surface area contributed by atoms with Crippen molar-refractivity contribution >= 4 is 20.7 Å². The van der Waals surface area contributed by atoms with Crippen molar-refractivity contribution in [1.29, 1.82) is 0 Å². The summed E-state index contributed by atoms with van der Waals surface area (Å²) in [6.07, 6.45) is 1.17. The minimum absolute atomic E-state index is 0.812. The number of hydrogen-bond donors (Lipinski definition) is 0. The molecule has 0 aromatic rings. The van der Waals surface area contributed by atoms with E-state index in [1.165, 1.54) is 38.6 Å². The maximum Gasteiger partial charge on any atom is 0.189 e. The first kappa shape index (κ1) is 15.4. The minimum atomic E-state index is -0.899. The Balaban J connectivity index is 4.38. The predicted octanol–water partition coefficient (Wildman–Crippen LogP) is 2.52. The van der Waals surface area contributed by atoms with E-state index in [0.29, 0.717) is 0 Å². The van der Waals surface area contributed by atoms with Gasteiger partial charge in [-0.3, -0.25) is 0 Å². The van der Waals surface area contributed by atoms with Crippen LogP contribution >= 0.6 is 11.6 Å². The molecule has 0 saturated heterocycles. The first-order valence-corrected chi connectivity index (χ1v) is 8.67. The van der Waals surface area contributed by atoms with Gasteiger partial charge in [0.1, 0.15) is 0 Å². The average Bonchev–Trinajstić information content (AvgIpc) is 2.28. The first-order valence-electron chi connectivity index (χ1n) is 6.29. The van der Waals surface area contributed by atoms with Crippen LogP contribution in [0.2, 0.25) is 6.04 Å². The second-order valence-electron chi connectivity index (χ2n) is 3.75. The van der Waals surface area contributed by atoms with Crippen LogP contribution in [0.15, 0.2) is 0 Å². The third-order valence-electron chi connectivity index (χ3n) is 3.06. The molecule has 0 radical (unpaired) electrons. The molecule has 4 heteroatoms. The van der Waals surface area contributed by atoms with E-state index >= 15 is 0 Å². The van der Waals surface area contributed by atoms with Gasteiger partial charge in [0.15, 0.2) is 9.12 Å². The van der Waals surface area contributed by atoms with Crippen LogP contribution in [0, 0.1) is 0 Å². The van der Waals surface area contributed by atoms with Gasteiger partial charge in [0.2, 0.25) is 0 Å². The summed E-state index contributed by atoms with van der Waals surface area (Å²) < 4.78 is 5.33. The maximum atomic E-state index is 5.81. The quantitative estimate of drug-likeness (QED) is 0.458. The lowest BCUT2D eigenvalue weighted by molar-refractivity contribution is 0.376. The molecule has 0 aliphatic heterocycles. The summed E-state index contributed by atoms with van der Waals surface area (Å²) in [7, 11) is -0.899. The van der Waals surface area contributed by atoms with Crippen LogP contribution in [0.3, 0.4) is 0 Å². The first-order chi connectivity index (χ1) is 7.24. The molecular formula is C11H27ClN2Si. The van der Waals surface area contributed by atoms with Gasteiger partial charge in [-0.1, -0.05) is 27.7 Å². The van der Waals surface area contributed by atoms with Crippen LogP contribution in [-0.4, -0.2) is 50.3 Å². The molecule has 2 nitrogen and oxygen atoms in total. The molecule has 15 heavy (non-hydrogen) atoms. The van der Waals surface area contributed by atoms with Gasteiger partial charge in [-0.05, 0) is 38.6 Å². The molecule has 0 atom stereocenters. The Morgan fingerprint density at radius 2 is 1.27 bits per heavy atom. The Kier molecular flexibility index (Phi) is 9.91. The summed E-state index contributed by atoms with van der Waals surface area (Å²) in [4.78, 5) is 0. The second kappa shape index (κ2) is 9.64. The monoisotopic (exact) mass is 250 g/mol. The second-order valence-corrected chi connectivity index (χ2v) is 7.13. The van der Waals surface area contributed by atoms with E-state index in [-0.39, 0.29) is 0 Å². The molecule has 0 unspecified atom stereocenters. The van der Waals surface area contributed by atoms with Gasteiger partial charge in [0.05, 0.1) is 0 Å². The molecule has 0 N–H and O–H groups in total. The van der Waals surface area contributed by atoms with E-state index in [9.17, 15) is 0 Å². The SMILES string of the molecule is CCN(CC)[SiH](CCCCl)N(CC)CC. The van der Waals surface area contributed by atoms with Crippen molar-refractivity contribution in [3.05, 3.63) is 0 Å². The van der Waals surface area contributed by atoms with Gasteiger partial charge in [-0.25, -0.2) is 0 Å². The lowest BCUT2D eigenvalue weighted by Gasteiger charge is -2.36. The highest BCUT2D eigenvalue weighted by atomic mass is 35.5. The zero-order valence-electron chi connectivity index (χ0n) is 10.8. The van der Waals surface area contributed by atoms with Crippen molar-refractivity contribution in [3.63, 3.8) is 0 Å². The van der Waals surface area contributed by atoms with Crippen molar-refractivity contribution in [3.8, 4) is 0 Å². The Bertz CT molecular complexity index is 127. The van der Waals surface area contributed by atoms with E-state index in [1.54, 1.807) is 0 Å². The highest BCUT2D eigenvalue weighted by molar-refractivity contribution is 6.52. The van der Waals surface area contributed by atoms with Crippen LogP contribution in [0.4, 0.5) is 0 Å². The van der Waals surface area contributed by atoms with Gasteiger partial charge in [0, 0.05) is 5.88 Å². The number of rotatable bonds is 9. The van der Waals surface area contributed by atoms with E-state index < -0.39 is 9.12 Å². The molecule has 0 bridgehead atoms. The van der Waals surface area contributed by atoms with Crippen LogP contribution in [0.1, 0.15) is 34.1 Å². The van der Waals surface area contributed by atoms with Crippen molar-refractivity contribution in [2.24, 2.45) is 0 Å². The van der Waals surface area contributed by atoms with Gasteiger partial charge < -0.3 is 9.13 Å². The fraction of sp³-hybridized carbons (Fsp3) is 1.00. The summed E-state index contributed by atoms with van der Waals surface area (Å²) in [5.74, 6) is 0.812. The Morgan fingerprint density at radius 3 is 1.53 bits per heavy atom. The molecule has 0 aliphatic rings. The Labute approximate surface area is 102 Å². The standard InChI is InChI=1S/C11H27ClN2Si/c1-5-13(6-2)15(11-9-10-12)14(7-3)8-4/h15H,5-11H2,1-4H3. The summed E-state index contributed by atoms with van der Waals surface area (Å²) in [6.45, 7) is 13.8. The van der Waals surface area contributed by atoms with Crippen LogP contribution < -0.4 is 0 Å². The highest BCUT2D eigenvalue weighted by Crippen LogP contribution is 2.10. The third-order valence-corrected chi connectivity index (χ3v) is 7.40. The molecule has 0 rings (SSSR count). The molecule has 0 spiro atoms. The van der Waals surface area contributed by atoms with E-state index in [0.717, 1.165) is 5.88 Å². The summed E-state index contributed by atoms with van der Waals surface area (Å²) >= 11 is 5.81. The smallest absolute Gasteiger partial charge is 0.189 e. The summed E-state index contributed by atoms with van der Waals surface area (Å²) in [6, 6.07) is 1.33. The lowest BCUT2D eigenvalue weighted by Crippen LogP contribution is -2.52. The van der Waals surface area contributed by atoms with E-state index in [1.807, 2.05) is 0 Å². The van der Waals surface area contributed by atoms with Gasteiger partial charge >= 0.3 is 0 Å². The number of hydrogen-bond acceptors (Lipinski definition) is 2. The van der Waals surface area contributed by atoms with E-state index in [4.69, 9.17) is 11.6 Å². The number of alkyl halides is 1. The zero-order chi connectivity index (χ0) is 11.7. The Morgan fingerprint density at radius 1 is 0.867 bits per heavy atom. The normalized spacial score (nSPS) is 12.0. The van der Waals surface area contributed by atoms with Crippen molar-refractivity contribution in [2.75, 3.05) is 32.1 Å². The molecule has 0 heterocycles. The molecular weight excluding hydrogens is 224 g/mol. The largest absolute Gasteiger partial charge is 0.315 e. The van der Waals surface area contributed by atoms with Crippen molar-refractivity contribution < 1.29 is 0 Å². The van der Waals surface area contributed by atoms with Crippen LogP contribution in [-0.2, 0) is 0 Å². The maximum absolute atomic E-state index is 5.81. The predicted molar refractivity (Wildman–Crippen MR) is 73.1 cm³/mol. The summed E-state index contributed by atoms with van der Waals surface area (Å²) in [5, 5.41) is 0. The highest BCUT2D eigenvalue weighted by Gasteiger charge is 2.22. The summed E-state index contributed by atoms with van der Waals surface area (Å²) in [5.41, 5.74) is 0. The van der Waals surface area contributed by atoms with Crippen molar-refractivity contribution in [1.82, 2.24) is 9.13 Å². The molecule has 0 amide bonds. The number of nitrogens with zero attached hydrogens (tertiary/aromatic N) is 2. The molecule has 0 fully saturated rings. The molecule has 0 aliphatic carbocycles. The molecule has 92 valence electrons. The number of halogens is 1. The minimum Gasteiger partial charge on any atom is -0.315 e. The lowest BCUT2D eigenvalue weighted by atomic mass is 10.6. The molecule has 0 saturated carbocycles. The average molecular weight is 251 g/mol. The van der Waals surface area contributed by atoms with Crippen LogP contribution in [0.25, 0.3) is 0 Å². The fourth-order valence-corrected chi connectivity index (χ4v) is 6.01.